The fourth-order valence-electron chi connectivity index (χ4n) is 1.87. The SMILES string of the molecule is CCCCOc1ncccc1CNC(=O)C(C)C(O)CC. The monoisotopic (exact) mass is 294 g/mol. The van der Waals surface area contributed by atoms with Gasteiger partial charge in [0.15, 0.2) is 0 Å². The summed E-state index contributed by atoms with van der Waals surface area (Å²) in [5.74, 6) is -0.0150. The first-order valence-corrected chi connectivity index (χ1v) is 7.62. The lowest BCUT2D eigenvalue weighted by molar-refractivity contribution is -0.128. The van der Waals surface area contributed by atoms with Gasteiger partial charge in [-0.15, -0.1) is 0 Å². The molecule has 0 fully saturated rings. The molecule has 0 bridgehead atoms. The fourth-order valence-corrected chi connectivity index (χ4v) is 1.87. The molecule has 1 amide bonds. The Morgan fingerprint density at radius 2 is 2.24 bits per heavy atom. The molecular formula is C16H26N2O3. The zero-order valence-corrected chi connectivity index (χ0v) is 13.1. The summed E-state index contributed by atoms with van der Waals surface area (Å²) in [6.45, 7) is 6.66. The normalized spacial score (nSPS) is 13.5. The zero-order chi connectivity index (χ0) is 15.7. The van der Waals surface area contributed by atoms with Crippen molar-refractivity contribution in [1.29, 1.82) is 0 Å². The number of ether oxygens (including phenoxy) is 1. The second kappa shape index (κ2) is 9.34. The predicted octanol–water partition coefficient (Wildman–Crippen LogP) is 2.28. The highest BCUT2D eigenvalue weighted by molar-refractivity contribution is 5.78. The van der Waals surface area contributed by atoms with Gasteiger partial charge in [0.2, 0.25) is 11.8 Å². The molecule has 1 rings (SSSR count). The number of carbonyl (C=O) groups is 1. The van der Waals surface area contributed by atoms with E-state index in [0.29, 0.717) is 25.5 Å². The van der Waals surface area contributed by atoms with Crippen LogP contribution in [0.2, 0.25) is 0 Å². The number of hydrogen-bond acceptors (Lipinski definition) is 4. The van der Waals surface area contributed by atoms with Crippen molar-refractivity contribution in [3.63, 3.8) is 0 Å². The minimum atomic E-state index is -0.612. The van der Waals surface area contributed by atoms with Gasteiger partial charge >= 0.3 is 0 Å². The molecule has 0 spiro atoms. The first-order chi connectivity index (χ1) is 10.1. The van der Waals surface area contributed by atoms with Gasteiger partial charge in [0.05, 0.1) is 18.6 Å². The molecule has 0 aliphatic carbocycles. The van der Waals surface area contributed by atoms with E-state index < -0.39 is 12.0 Å². The molecule has 118 valence electrons. The number of unbranched alkanes of at least 4 members (excludes halogenated alkanes) is 1. The molecule has 0 saturated carbocycles. The van der Waals surface area contributed by atoms with E-state index in [9.17, 15) is 9.90 Å². The Kier molecular flexibility index (Phi) is 7.75. The molecule has 5 nitrogen and oxygen atoms in total. The van der Waals surface area contributed by atoms with Crippen molar-refractivity contribution in [3.05, 3.63) is 23.9 Å². The summed E-state index contributed by atoms with van der Waals surface area (Å²) >= 11 is 0. The molecular weight excluding hydrogens is 268 g/mol. The molecule has 0 saturated heterocycles. The van der Waals surface area contributed by atoms with Crippen molar-refractivity contribution >= 4 is 5.91 Å². The van der Waals surface area contributed by atoms with Crippen molar-refractivity contribution in [1.82, 2.24) is 10.3 Å². The van der Waals surface area contributed by atoms with Crippen LogP contribution in [0, 0.1) is 5.92 Å². The van der Waals surface area contributed by atoms with Crippen LogP contribution in [-0.4, -0.2) is 28.7 Å². The molecule has 2 N–H and O–H groups in total. The molecule has 1 heterocycles. The van der Waals surface area contributed by atoms with Crippen LogP contribution in [0.25, 0.3) is 0 Å². The van der Waals surface area contributed by atoms with Gasteiger partial charge in [-0.1, -0.05) is 33.3 Å². The van der Waals surface area contributed by atoms with Crippen LogP contribution < -0.4 is 10.1 Å². The molecule has 1 aromatic heterocycles. The average Bonchev–Trinajstić information content (AvgIpc) is 2.52. The van der Waals surface area contributed by atoms with Gasteiger partial charge in [-0.2, -0.15) is 0 Å². The van der Waals surface area contributed by atoms with Crippen molar-refractivity contribution in [3.8, 4) is 5.88 Å². The fraction of sp³-hybridized carbons (Fsp3) is 0.625. The van der Waals surface area contributed by atoms with E-state index in [1.807, 2.05) is 19.1 Å². The maximum Gasteiger partial charge on any atom is 0.225 e. The number of pyridine rings is 1. The quantitative estimate of drug-likeness (QED) is 0.685. The van der Waals surface area contributed by atoms with Gasteiger partial charge in [-0.25, -0.2) is 4.98 Å². The summed E-state index contributed by atoms with van der Waals surface area (Å²) in [6, 6.07) is 3.70. The number of hydrogen-bond donors (Lipinski definition) is 2. The van der Waals surface area contributed by atoms with E-state index in [1.165, 1.54) is 0 Å². The number of nitrogens with zero attached hydrogens (tertiary/aromatic N) is 1. The van der Waals surface area contributed by atoms with Crippen LogP contribution in [0.15, 0.2) is 18.3 Å². The molecule has 21 heavy (non-hydrogen) atoms. The Bertz CT molecular complexity index is 437. The number of aliphatic hydroxyl groups is 1. The lowest BCUT2D eigenvalue weighted by Gasteiger charge is -2.17. The average molecular weight is 294 g/mol. The third-order valence-electron chi connectivity index (χ3n) is 3.45. The molecule has 2 unspecified atom stereocenters. The maximum absolute atomic E-state index is 12.0. The van der Waals surface area contributed by atoms with Crippen LogP contribution in [0.5, 0.6) is 5.88 Å². The molecule has 0 aliphatic heterocycles. The highest BCUT2D eigenvalue weighted by atomic mass is 16.5. The molecule has 1 aromatic rings. The van der Waals surface area contributed by atoms with Crippen LogP contribution in [0.1, 0.15) is 45.6 Å². The van der Waals surface area contributed by atoms with Crippen molar-refractivity contribution in [2.75, 3.05) is 6.61 Å². The van der Waals surface area contributed by atoms with E-state index in [1.54, 1.807) is 13.1 Å². The Hall–Kier alpha value is -1.62. The van der Waals surface area contributed by atoms with Gasteiger partial charge in [-0.05, 0) is 18.9 Å². The predicted molar refractivity (Wildman–Crippen MR) is 81.9 cm³/mol. The van der Waals surface area contributed by atoms with E-state index in [-0.39, 0.29) is 5.91 Å². The molecule has 0 aliphatic rings. The van der Waals surface area contributed by atoms with E-state index in [4.69, 9.17) is 4.74 Å². The molecule has 5 heteroatoms. The number of carbonyl (C=O) groups excluding carboxylic acids is 1. The Morgan fingerprint density at radius 1 is 1.48 bits per heavy atom. The largest absolute Gasteiger partial charge is 0.477 e. The summed E-state index contributed by atoms with van der Waals surface area (Å²) in [6.07, 6.45) is 3.66. The molecule has 0 radical (unpaired) electrons. The van der Waals surface area contributed by atoms with Crippen LogP contribution >= 0.6 is 0 Å². The highest BCUT2D eigenvalue weighted by Gasteiger charge is 2.20. The Balaban J connectivity index is 2.56. The minimum Gasteiger partial charge on any atom is -0.477 e. The van der Waals surface area contributed by atoms with Gasteiger partial charge in [-0.3, -0.25) is 4.79 Å². The van der Waals surface area contributed by atoms with Gasteiger partial charge in [0.25, 0.3) is 0 Å². The standard InChI is InChI=1S/C16H26N2O3/c1-4-6-10-21-16-13(8-7-9-17-16)11-18-15(20)12(3)14(19)5-2/h7-9,12,14,19H,4-6,10-11H2,1-3H3,(H,18,20). The number of rotatable bonds is 9. The van der Waals surface area contributed by atoms with Gasteiger partial charge in [0.1, 0.15) is 0 Å². The van der Waals surface area contributed by atoms with Crippen LogP contribution in [0.3, 0.4) is 0 Å². The lowest BCUT2D eigenvalue weighted by Crippen LogP contribution is -2.35. The first kappa shape index (κ1) is 17.4. The second-order valence-corrected chi connectivity index (χ2v) is 5.15. The zero-order valence-electron chi connectivity index (χ0n) is 13.1. The maximum atomic E-state index is 12.0. The summed E-state index contributed by atoms with van der Waals surface area (Å²) in [4.78, 5) is 16.2. The van der Waals surface area contributed by atoms with E-state index in [2.05, 4.69) is 17.2 Å². The van der Waals surface area contributed by atoms with Crippen LogP contribution in [-0.2, 0) is 11.3 Å². The topological polar surface area (TPSA) is 71.5 Å². The number of nitrogens with one attached hydrogen (secondary N) is 1. The Morgan fingerprint density at radius 3 is 2.90 bits per heavy atom. The number of amides is 1. The second-order valence-electron chi connectivity index (χ2n) is 5.15. The summed E-state index contributed by atoms with van der Waals surface area (Å²) in [5.41, 5.74) is 0.847. The smallest absolute Gasteiger partial charge is 0.225 e. The van der Waals surface area contributed by atoms with Crippen LogP contribution in [0.4, 0.5) is 0 Å². The van der Waals surface area contributed by atoms with Gasteiger partial charge < -0.3 is 15.2 Å². The summed E-state index contributed by atoms with van der Waals surface area (Å²) < 4.78 is 5.63. The summed E-state index contributed by atoms with van der Waals surface area (Å²) in [5, 5.41) is 12.5. The third-order valence-corrected chi connectivity index (χ3v) is 3.45. The first-order valence-electron chi connectivity index (χ1n) is 7.62. The van der Waals surface area contributed by atoms with Crippen molar-refractivity contribution in [2.24, 2.45) is 5.92 Å². The molecule has 2 atom stereocenters. The van der Waals surface area contributed by atoms with E-state index >= 15 is 0 Å². The number of aliphatic hydroxyl groups excluding tert-OH is 1. The molecule has 0 aromatic carbocycles. The third kappa shape index (κ3) is 5.71. The summed E-state index contributed by atoms with van der Waals surface area (Å²) in [7, 11) is 0. The highest BCUT2D eigenvalue weighted by Crippen LogP contribution is 2.15. The van der Waals surface area contributed by atoms with Crippen molar-refractivity contribution in [2.45, 2.75) is 52.7 Å². The van der Waals surface area contributed by atoms with Gasteiger partial charge in [0, 0.05) is 18.3 Å². The number of aromatic nitrogens is 1. The minimum absolute atomic E-state index is 0.160. The Labute approximate surface area is 126 Å². The lowest BCUT2D eigenvalue weighted by atomic mass is 10.0. The van der Waals surface area contributed by atoms with Crippen molar-refractivity contribution < 1.29 is 14.6 Å². The van der Waals surface area contributed by atoms with E-state index in [0.717, 1.165) is 18.4 Å².